The summed E-state index contributed by atoms with van der Waals surface area (Å²) in [5.74, 6) is 2.09. The van der Waals surface area contributed by atoms with Gasteiger partial charge in [0.1, 0.15) is 24.1 Å². The number of likely N-dealkylation sites (tertiary alicyclic amines) is 1. The molecule has 1 aromatic rings. The van der Waals surface area contributed by atoms with Gasteiger partial charge in [-0.3, -0.25) is 4.79 Å². The Morgan fingerprint density at radius 1 is 1.24 bits per heavy atom. The van der Waals surface area contributed by atoms with Crippen LogP contribution in [0.1, 0.15) is 31.2 Å². The standard InChI is InChI=1S/C20H29N7O2/c21-7-16-8-23-20(25-19(16)22)24-9-17-12-27(18(28)13-29-17)11-15-3-5-26(6-4-15)10-14-1-2-14/h8,14-15,17H,1-6,9-13H2,(H3,22,23,24,25)/t17-/m1/s1. The third kappa shape index (κ3) is 5.34. The summed E-state index contributed by atoms with van der Waals surface area (Å²) < 4.78 is 5.67. The highest BCUT2D eigenvalue weighted by molar-refractivity contribution is 5.78. The number of amides is 1. The van der Waals surface area contributed by atoms with Gasteiger partial charge in [0.25, 0.3) is 0 Å². The monoisotopic (exact) mass is 399 g/mol. The molecule has 2 saturated heterocycles. The van der Waals surface area contributed by atoms with Crippen LogP contribution in [-0.2, 0) is 9.53 Å². The number of hydrogen-bond acceptors (Lipinski definition) is 8. The molecule has 1 aromatic heterocycles. The highest BCUT2D eigenvalue weighted by atomic mass is 16.5. The Labute approximate surface area is 171 Å². The van der Waals surface area contributed by atoms with Gasteiger partial charge in [0.05, 0.1) is 12.3 Å². The van der Waals surface area contributed by atoms with E-state index < -0.39 is 0 Å². The molecule has 3 fully saturated rings. The molecule has 156 valence electrons. The minimum Gasteiger partial charge on any atom is -0.382 e. The maximum absolute atomic E-state index is 12.3. The van der Waals surface area contributed by atoms with Crippen LogP contribution in [0.2, 0.25) is 0 Å². The van der Waals surface area contributed by atoms with Crippen molar-refractivity contribution in [3.05, 3.63) is 11.8 Å². The lowest BCUT2D eigenvalue weighted by Gasteiger charge is -2.38. The Hall–Kier alpha value is -2.44. The fraction of sp³-hybridized carbons (Fsp3) is 0.700. The molecule has 4 rings (SSSR count). The Bertz CT molecular complexity index is 769. The molecule has 3 heterocycles. The maximum Gasteiger partial charge on any atom is 0.248 e. The summed E-state index contributed by atoms with van der Waals surface area (Å²) in [5, 5.41) is 12.0. The average molecular weight is 399 g/mol. The number of nitriles is 1. The van der Waals surface area contributed by atoms with Crippen molar-refractivity contribution >= 4 is 17.7 Å². The Kier molecular flexibility index (Phi) is 6.11. The zero-order chi connectivity index (χ0) is 20.2. The second-order valence-electron chi connectivity index (χ2n) is 8.40. The van der Waals surface area contributed by atoms with Gasteiger partial charge in [0.15, 0.2) is 0 Å². The van der Waals surface area contributed by atoms with Gasteiger partial charge >= 0.3 is 0 Å². The van der Waals surface area contributed by atoms with E-state index in [1.54, 1.807) is 0 Å². The van der Waals surface area contributed by atoms with E-state index in [2.05, 4.69) is 20.2 Å². The zero-order valence-corrected chi connectivity index (χ0v) is 16.7. The van der Waals surface area contributed by atoms with E-state index in [0.29, 0.717) is 25.0 Å². The number of nitrogens with zero attached hydrogens (tertiary/aromatic N) is 5. The number of morpholine rings is 1. The lowest BCUT2D eigenvalue weighted by Crippen LogP contribution is -2.51. The number of piperidine rings is 1. The molecule has 0 aromatic carbocycles. The predicted molar refractivity (Wildman–Crippen MR) is 108 cm³/mol. The van der Waals surface area contributed by atoms with Crippen molar-refractivity contribution in [1.29, 1.82) is 5.26 Å². The van der Waals surface area contributed by atoms with E-state index in [-0.39, 0.29) is 30.0 Å². The second-order valence-corrected chi connectivity index (χ2v) is 8.40. The van der Waals surface area contributed by atoms with E-state index in [0.717, 1.165) is 25.6 Å². The van der Waals surface area contributed by atoms with Gasteiger partial charge in [0.2, 0.25) is 11.9 Å². The number of ether oxygens (including phenoxy) is 1. The van der Waals surface area contributed by atoms with E-state index >= 15 is 0 Å². The molecule has 1 amide bonds. The fourth-order valence-electron chi connectivity index (χ4n) is 4.08. The Morgan fingerprint density at radius 3 is 2.69 bits per heavy atom. The van der Waals surface area contributed by atoms with Crippen LogP contribution in [0, 0.1) is 23.2 Å². The number of hydrogen-bond donors (Lipinski definition) is 2. The topological polar surface area (TPSA) is 120 Å². The van der Waals surface area contributed by atoms with Gasteiger partial charge in [-0.05, 0) is 50.6 Å². The number of carbonyl (C=O) groups excluding carboxylic acids is 1. The van der Waals surface area contributed by atoms with E-state index in [1.807, 2.05) is 11.0 Å². The third-order valence-corrected chi connectivity index (χ3v) is 6.04. The lowest BCUT2D eigenvalue weighted by atomic mass is 9.95. The van der Waals surface area contributed by atoms with Gasteiger partial charge in [-0.1, -0.05) is 0 Å². The lowest BCUT2D eigenvalue weighted by molar-refractivity contribution is -0.149. The second kappa shape index (κ2) is 8.93. The number of rotatable bonds is 7. The molecule has 0 spiro atoms. The molecule has 1 aliphatic carbocycles. The van der Waals surface area contributed by atoms with Crippen molar-refractivity contribution in [3.8, 4) is 6.07 Å². The van der Waals surface area contributed by atoms with Crippen molar-refractivity contribution in [3.63, 3.8) is 0 Å². The minimum absolute atomic E-state index is 0.0699. The van der Waals surface area contributed by atoms with Crippen LogP contribution in [0.5, 0.6) is 0 Å². The molecule has 3 aliphatic rings. The van der Waals surface area contributed by atoms with Gasteiger partial charge in [-0.25, -0.2) is 4.98 Å². The van der Waals surface area contributed by atoms with E-state index in [1.165, 1.54) is 38.4 Å². The molecule has 9 heteroatoms. The predicted octanol–water partition coefficient (Wildman–Crippen LogP) is 0.692. The molecule has 9 nitrogen and oxygen atoms in total. The minimum atomic E-state index is -0.122. The van der Waals surface area contributed by atoms with Crippen LogP contribution >= 0.6 is 0 Å². The van der Waals surface area contributed by atoms with Crippen LogP contribution < -0.4 is 11.1 Å². The van der Waals surface area contributed by atoms with Crippen molar-refractivity contribution in [1.82, 2.24) is 19.8 Å². The van der Waals surface area contributed by atoms with Crippen LogP contribution in [0.3, 0.4) is 0 Å². The van der Waals surface area contributed by atoms with Crippen molar-refractivity contribution in [2.24, 2.45) is 11.8 Å². The Morgan fingerprint density at radius 2 is 2.00 bits per heavy atom. The first-order valence-corrected chi connectivity index (χ1v) is 10.5. The first-order valence-electron chi connectivity index (χ1n) is 10.5. The highest BCUT2D eigenvalue weighted by Crippen LogP contribution is 2.31. The van der Waals surface area contributed by atoms with E-state index in [4.69, 9.17) is 15.7 Å². The largest absolute Gasteiger partial charge is 0.382 e. The summed E-state index contributed by atoms with van der Waals surface area (Å²) in [6.07, 6.45) is 6.41. The number of nitrogens with two attached hydrogens (primary N) is 1. The number of nitrogen functional groups attached to an aromatic ring is 1. The molecule has 1 saturated carbocycles. The summed E-state index contributed by atoms with van der Waals surface area (Å²) in [7, 11) is 0. The van der Waals surface area contributed by atoms with Gasteiger partial charge in [-0.15, -0.1) is 0 Å². The van der Waals surface area contributed by atoms with Crippen LogP contribution in [0.4, 0.5) is 11.8 Å². The summed E-state index contributed by atoms with van der Waals surface area (Å²) in [4.78, 5) is 25.0. The zero-order valence-electron chi connectivity index (χ0n) is 16.7. The summed E-state index contributed by atoms with van der Waals surface area (Å²) >= 11 is 0. The Balaban J connectivity index is 1.23. The molecule has 2 aliphatic heterocycles. The number of nitrogens with one attached hydrogen (secondary N) is 1. The average Bonchev–Trinajstić information content (AvgIpc) is 3.54. The first-order chi connectivity index (χ1) is 14.1. The number of anilines is 2. The third-order valence-electron chi connectivity index (χ3n) is 6.04. The molecule has 0 unspecified atom stereocenters. The van der Waals surface area contributed by atoms with Crippen molar-refractivity contribution in [2.45, 2.75) is 31.8 Å². The highest BCUT2D eigenvalue weighted by Gasteiger charge is 2.31. The molecular formula is C20H29N7O2. The summed E-state index contributed by atoms with van der Waals surface area (Å²) in [6, 6.07) is 1.94. The summed E-state index contributed by atoms with van der Waals surface area (Å²) in [5.41, 5.74) is 5.98. The maximum atomic E-state index is 12.3. The molecule has 29 heavy (non-hydrogen) atoms. The van der Waals surface area contributed by atoms with Crippen LogP contribution in [0.25, 0.3) is 0 Å². The van der Waals surface area contributed by atoms with Gasteiger partial charge in [0, 0.05) is 26.2 Å². The fourth-order valence-corrected chi connectivity index (χ4v) is 4.08. The van der Waals surface area contributed by atoms with Crippen LogP contribution in [-0.4, -0.2) is 77.7 Å². The smallest absolute Gasteiger partial charge is 0.248 e. The normalized spacial score (nSPS) is 23.8. The number of aromatic nitrogens is 2. The van der Waals surface area contributed by atoms with Gasteiger partial charge in [-0.2, -0.15) is 10.2 Å². The molecule has 0 radical (unpaired) electrons. The molecular weight excluding hydrogens is 370 g/mol. The first kappa shape index (κ1) is 19.9. The quantitative estimate of drug-likeness (QED) is 0.687. The van der Waals surface area contributed by atoms with Crippen LogP contribution in [0.15, 0.2) is 6.20 Å². The number of carbonyl (C=O) groups is 1. The SMILES string of the molecule is N#Cc1cnc(NC[C@@H]2CN(CC3CCN(CC4CC4)CC3)C(=O)CO2)nc1N. The summed E-state index contributed by atoms with van der Waals surface area (Å²) in [6.45, 7) is 5.55. The van der Waals surface area contributed by atoms with Crippen molar-refractivity contribution < 1.29 is 9.53 Å². The van der Waals surface area contributed by atoms with Gasteiger partial charge < -0.3 is 25.6 Å². The molecule has 3 N–H and O–H groups in total. The molecule has 0 bridgehead atoms. The van der Waals surface area contributed by atoms with E-state index in [9.17, 15) is 4.79 Å². The molecule has 1 atom stereocenters. The van der Waals surface area contributed by atoms with Crippen molar-refractivity contribution in [2.75, 3.05) is 56.9 Å².